The molecule has 19 heavy (non-hydrogen) atoms. The fourth-order valence-corrected chi connectivity index (χ4v) is 2.07. The predicted molar refractivity (Wildman–Crippen MR) is 75.9 cm³/mol. The van der Waals surface area contributed by atoms with E-state index < -0.39 is 0 Å². The molecule has 0 bridgehead atoms. The molecule has 2 aromatic heterocycles. The van der Waals surface area contributed by atoms with Crippen LogP contribution in [0.15, 0.2) is 50.6 Å². The molecule has 0 fully saturated rings. The van der Waals surface area contributed by atoms with Gasteiger partial charge in [0.25, 0.3) is 0 Å². The lowest BCUT2D eigenvalue weighted by Gasteiger charge is -1.97. The summed E-state index contributed by atoms with van der Waals surface area (Å²) in [5, 5.41) is 0. The first-order valence-electron chi connectivity index (χ1n) is 6.70. The molecular formula is C15H22N4+2. The van der Waals surface area contributed by atoms with E-state index in [0.29, 0.717) is 0 Å². The van der Waals surface area contributed by atoms with E-state index in [4.69, 9.17) is 0 Å². The number of rotatable bonds is 8. The monoisotopic (exact) mass is 258 g/mol. The van der Waals surface area contributed by atoms with Crippen LogP contribution in [0.3, 0.4) is 0 Å². The first-order chi connectivity index (χ1) is 9.31. The Kier molecular flexibility index (Phi) is 4.72. The summed E-state index contributed by atoms with van der Waals surface area (Å²) in [6.07, 6.45) is 19.6. The van der Waals surface area contributed by atoms with Crippen LogP contribution in [0.2, 0.25) is 0 Å². The lowest BCUT2D eigenvalue weighted by molar-refractivity contribution is -0.700. The molecule has 0 spiro atoms. The predicted octanol–water partition coefficient (Wildman–Crippen LogP) is 1.94. The summed E-state index contributed by atoms with van der Waals surface area (Å²) >= 11 is 0. The zero-order valence-electron chi connectivity index (χ0n) is 11.4. The van der Waals surface area contributed by atoms with Gasteiger partial charge >= 0.3 is 0 Å². The Morgan fingerprint density at radius 3 is 1.63 bits per heavy atom. The number of imidazole rings is 2. The Bertz CT molecular complexity index is 488. The highest BCUT2D eigenvalue weighted by molar-refractivity contribution is 5.13. The maximum Gasteiger partial charge on any atom is 0.248 e. The highest BCUT2D eigenvalue weighted by Gasteiger charge is 2.02. The van der Waals surface area contributed by atoms with E-state index in [1.165, 1.54) is 19.3 Å². The van der Waals surface area contributed by atoms with E-state index in [1.807, 2.05) is 21.5 Å². The van der Waals surface area contributed by atoms with Crippen molar-refractivity contribution in [2.45, 2.75) is 32.4 Å². The molecule has 0 amide bonds. The zero-order chi connectivity index (χ0) is 13.5. The topological polar surface area (TPSA) is 17.6 Å². The maximum absolute atomic E-state index is 3.73. The highest BCUT2D eigenvalue weighted by atomic mass is 15.1. The third-order valence-corrected chi connectivity index (χ3v) is 3.18. The van der Waals surface area contributed by atoms with Gasteiger partial charge in [0, 0.05) is 0 Å². The average molecular weight is 258 g/mol. The van der Waals surface area contributed by atoms with Gasteiger partial charge in [-0.15, -0.1) is 0 Å². The first kappa shape index (κ1) is 13.3. The Morgan fingerprint density at radius 2 is 1.26 bits per heavy atom. The standard InChI is InChI=1S/C15H22N4/c1-3-16-10-12-18(14-16)8-6-5-7-9-19-13-11-17(4-2)15-19/h3-4,10-15H,1-2,5-9H2/q+2. The van der Waals surface area contributed by atoms with Gasteiger partial charge in [0.05, 0.1) is 25.5 Å². The van der Waals surface area contributed by atoms with Crippen molar-refractivity contribution >= 4 is 12.4 Å². The van der Waals surface area contributed by atoms with Gasteiger partial charge in [0.2, 0.25) is 12.7 Å². The van der Waals surface area contributed by atoms with Crippen LogP contribution in [0.4, 0.5) is 0 Å². The molecule has 2 heterocycles. The molecule has 0 aromatic carbocycles. The molecule has 0 aliphatic carbocycles. The van der Waals surface area contributed by atoms with Crippen LogP contribution in [0.1, 0.15) is 19.3 Å². The van der Waals surface area contributed by atoms with E-state index in [-0.39, 0.29) is 0 Å². The van der Waals surface area contributed by atoms with Crippen molar-refractivity contribution in [3.8, 4) is 0 Å². The van der Waals surface area contributed by atoms with Crippen LogP contribution in [0.5, 0.6) is 0 Å². The highest BCUT2D eigenvalue weighted by Crippen LogP contribution is 1.96. The SMILES string of the molecule is C=Cn1cc[n+](CCCCC[n+]2ccn(C=C)c2)c1. The molecule has 4 nitrogen and oxygen atoms in total. The quantitative estimate of drug-likeness (QED) is 0.509. The molecule has 2 rings (SSSR count). The number of aromatic nitrogens is 4. The van der Waals surface area contributed by atoms with E-state index in [9.17, 15) is 0 Å². The molecule has 0 unspecified atom stereocenters. The fraction of sp³-hybridized carbons (Fsp3) is 0.333. The van der Waals surface area contributed by atoms with Crippen LogP contribution < -0.4 is 9.13 Å². The van der Waals surface area contributed by atoms with E-state index >= 15 is 0 Å². The Labute approximate surface area is 114 Å². The van der Waals surface area contributed by atoms with Crippen molar-refractivity contribution in [3.63, 3.8) is 0 Å². The molecule has 0 radical (unpaired) electrons. The van der Waals surface area contributed by atoms with E-state index in [1.54, 1.807) is 12.4 Å². The van der Waals surface area contributed by atoms with Gasteiger partial charge in [-0.25, -0.2) is 18.3 Å². The number of hydrogen-bond donors (Lipinski definition) is 0. The van der Waals surface area contributed by atoms with Gasteiger partial charge in [-0.1, -0.05) is 13.2 Å². The normalized spacial score (nSPS) is 10.5. The lowest BCUT2D eigenvalue weighted by Crippen LogP contribution is -2.32. The summed E-state index contributed by atoms with van der Waals surface area (Å²) in [7, 11) is 0. The maximum atomic E-state index is 3.73. The minimum Gasteiger partial charge on any atom is -0.236 e. The second kappa shape index (κ2) is 6.73. The van der Waals surface area contributed by atoms with Crippen LogP contribution in [0.25, 0.3) is 12.4 Å². The summed E-state index contributed by atoms with van der Waals surface area (Å²) in [5.41, 5.74) is 0. The van der Waals surface area contributed by atoms with Gasteiger partial charge in [-0.05, 0) is 19.3 Å². The second-order valence-electron chi connectivity index (χ2n) is 4.62. The molecular weight excluding hydrogens is 236 g/mol. The minimum absolute atomic E-state index is 1.07. The Balaban J connectivity index is 1.64. The fourth-order valence-electron chi connectivity index (χ4n) is 2.07. The average Bonchev–Trinajstić information content (AvgIpc) is 3.06. The van der Waals surface area contributed by atoms with Gasteiger partial charge < -0.3 is 0 Å². The largest absolute Gasteiger partial charge is 0.248 e. The summed E-state index contributed by atoms with van der Waals surface area (Å²) in [6, 6.07) is 0. The van der Waals surface area contributed by atoms with Crippen molar-refractivity contribution < 1.29 is 9.13 Å². The van der Waals surface area contributed by atoms with E-state index in [2.05, 4.69) is 47.3 Å². The summed E-state index contributed by atoms with van der Waals surface area (Å²) < 4.78 is 8.33. The van der Waals surface area contributed by atoms with E-state index in [0.717, 1.165) is 13.1 Å². The number of nitrogens with zero attached hydrogens (tertiary/aromatic N) is 4. The molecule has 0 saturated heterocycles. The first-order valence-corrected chi connectivity index (χ1v) is 6.70. The molecule has 0 aliphatic rings. The molecule has 4 heteroatoms. The van der Waals surface area contributed by atoms with Gasteiger partial charge in [-0.3, -0.25) is 0 Å². The zero-order valence-corrected chi connectivity index (χ0v) is 11.4. The molecule has 2 aromatic rings. The van der Waals surface area contributed by atoms with Gasteiger partial charge in [-0.2, -0.15) is 0 Å². The third-order valence-electron chi connectivity index (χ3n) is 3.18. The molecule has 0 atom stereocenters. The molecule has 100 valence electrons. The van der Waals surface area contributed by atoms with Gasteiger partial charge in [0.15, 0.2) is 0 Å². The number of aryl methyl sites for hydroxylation is 2. The van der Waals surface area contributed by atoms with Crippen LogP contribution in [0, 0.1) is 0 Å². The van der Waals surface area contributed by atoms with Crippen molar-refractivity contribution in [1.82, 2.24) is 9.13 Å². The molecule has 0 aliphatic heterocycles. The van der Waals surface area contributed by atoms with Crippen molar-refractivity contribution in [2.24, 2.45) is 0 Å². The minimum atomic E-state index is 1.07. The second-order valence-corrected chi connectivity index (χ2v) is 4.62. The van der Waals surface area contributed by atoms with Crippen molar-refractivity contribution in [1.29, 1.82) is 0 Å². The number of unbranched alkanes of at least 4 members (excludes halogenated alkanes) is 2. The van der Waals surface area contributed by atoms with Crippen molar-refractivity contribution in [3.05, 3.63) is 50.6 Å². The smallest absolute Gasteiger partial charge is 0.236 e. The lowest BCUT2D eigenvalue weighted by atomic mass is 10.2. The van der Waals surface area contributed by atoms with Crippen LogP contribution >= 0.6 is 0 Å². The Morgan fingerprint density at radius 1 is 0.789 bits per heavy atom. The van der Waals surface area contributed by atoms with Crippen LogP contribution in [-0.2, 0) is 13.1 Å². The summed E-state index contributed by atoms with van der Waals surface area (Å²) in [6.45, 7) is 9.61. The van der Waals surface area contributed by atoms with Gasteiger partial charge in [0.1, 0.15) is 24.8 Å². The molecule has 0 saturated carbocycles. The summed E-state index contributed by atoms with van der Waals surface area (Å²) in [4.78, 5) is 0. The Hall–Kier alpha value is -2.10. The third kappa shape index (κ3) is 3.95. The van der Waals surface area contributed by atoms with Crippen LogP contribution in [-0.4, -0.2) is 9.13 Å². The summed E-state index contributed by atoms with van der Waals surface area (Å²) in [5.74, 6) is 0. The molecule has 0 N–H and O–H groups in total. The van der Waals surface area contributed by atoms with Crippen molar-refractivity contribution in [2.75, 3.05) is 0 Å². The number of hydrogen-bond acceptors (Lipinski definition) is 0.